The molecule has 0 rings (SSSR count). The maximum Gasteiger partial charge on any atom is 0.109 e. The maximum absolute atomic E-state index is 5.21. The molecule has 0 saturated heterocycles. The molecule has 1 heteroatoms. The molecule has 0 aromatic heterocycles. The Balaban J connectivity index is 3.56. The van der Waals surface area contributed by atoms with Gasteiger partial charge in [0.15, 0.2) is 0 Å². The van der Waals surface area contributed by atoms with Gasteiger partial charge < -0.3 is 4.74 Å². The smallest absolute Gasteiger partial charge is 0.109 e. The van der Waals surface area contributed by atoms with Crippen LogP contribution in [0.1, 0.15) is 27.7 Å². The third-order valence-electron chi connectivity index (χ3n) is 1.00. The second-order valence-electron chi connectivity index (χ2n) is 3.09. The lowest BCUT2D eigenvalue weighted by atomic mass is 10.2. The third-order valence-corrected chi connectivity index (χ3v) is 1.00. The Bertz CT molecular complexity index is 217. The topological polar surface area (TPSA) is 9.23 Å². The summed E-state index contributed by atoms with van der Waals surface area (Å²) in [6.07, 6.45) is 0.248. The van der Waals surface area contributed by atoms with Gasteiger partial charge in [-0.15, -0.1) is 0 Å². The Hall–Kier alpha value is -0.920. The first-order chi connectivity index (χ1) is 5.63. The third kappa shape index (κ3) is 9.08. The van der Waals surface area contributed by atoms with Crippen LogP contribution in [-0.2, 0) is 4.74 Å². The van der Waals surface area contributed by atoms with E-state index >= 15 is 0 Å². The van der Waals surface area contributed by atoms with E-state index in [4.69, 9.17) is 4.74 Å². The highest BCUT2D eigenvalue weighted by Gasteiger charge is 1.86. The normalized spacial score (nSPS) is 8.83. The summed E-state index contributed by atoms with van der Waals surface area (Å²) < 4.78 is 5.21. The molecular formula is C11H16O. The highest BCUT2D eigenvalue weighted by molar-refractivity contribution is 5.26. The first kappa shape index (κ1) is 11.1. The first-order valence-corrected chi connectivity index (χ1v) is 4.23. The van der Waals surface area contributed by atoms with Crippen LogP contribution in [0.3, 0.4) is 0 Å². The van der Waals surface area contributed by atoms with E-state index in [0.717, 1.165) is 0 Å². The molecule has 0 fully saturated rings. The van der Waals surface area contributed by atoms with Crippen molar-refractivity contribution in [2.75, 3.05) is 6.61 Å². The molecule has 0 aromatic rings. The predicted octanol–water partition coefficient (Wildman–Crippen LogP) is 2.07. The van der Waals surface area contributed by atoms with Gasteiger partial charge in [-0.2, -0.15) is 0 Å². The highest BCUT2D eigenvalue weighted by Crippen LogP contribution is 1.85. The van der Waals surface area contributed by atoms with E-state index < -0.39 is 0 Å². The standard InChI is InChI=1S/C11H16O/c1-10(2)8-6-5-7-9-12-11(3)4/h10-11H,9H2,1-4H3. The van der Waals surface area contributed by atoms with Gasteiger partial charge in [-0.05, 0) is 25.7 Å². The molecule has 1 nitrogen and oxygen atoms in total. The van der Waals surface area contributed by atoms with Crippen LogP contribution in [0.4, 0.5) is 0 Å². The molecule has 0 aliphatic rings. The summed E-state index contributed by atoms with van der Waals surface area (Å²) in [5, 5.41) is 0. The van der Waals surface area contributed by atoms with Gasteiger partial charge in [-0.3, -0.25) is 0 Å². The van der Waals surface area contributed by atoms with E-state index in [2.05, 4.69) is 23.7 Å². The van der Waals surface area contributed by atoms with Gasteiger partial charge in [-0.25, -0.2) is 0 Å². The molecule has 0 unspecified atom stereocenters. The fourth-order valence-corrected chi connectivity index (χ4v) is 0.469. The summed E-state index contributed by atoms with van der Waals surface area (Å²) in [5.74, 6) is 11.7. The average Bonchev–Trinajstić information content (AvgIpc) is 1.95. The van der Waals surface area contributed by atoms with Crippen molar-refractivity contribution in [2.45, 2.75) is 33.8 Å². The lowest BCUT2D eigenvalue weighted by Crippen LogP contribution is -2.01. The molecule has 0 atom stereocenters. The minimum Gasteiger partial charge on any atom is -0.366 e. The fraction of sp³-hybridized carbons (Fsp3) is 0.636. The zero-order valence-electron chi connectivity index (χ0n) is 8.27. The lowest BCUT2D eigenvalue weighted by Gasteiger charge is -2.00. The summed E-state index contributed by atoms with van der Waals surface area (Å²) in [6.45, 7) is 8.53. The average molecular weight is 164 g/mol. The van der Waals surface area contributed by atoms with Crippen LogP contribution in [0.15, 0.2) is 0 Å². The second kappa shape index (κ2) is 6.77. The van der Waals surface area contributed by atoms with E-state index in [1.54, 1.807) is 0 Å². The Morgan fingerprint density at radius 3 is 2.25 bits per heavy atom. The highest BCUT2D eigenvalue weighted by atomic mass is 16.5. The van der Waals surface area contributed by atoms with Crippen molar-refractivity contribution in [1.29, 1.82) is 0 Å². The molecule has 0 aromatic carbocycles. The lowest BCUT2D eigenvalue weighted by molar-refractivity contribution is 0.107. The molecule has 0 bridgehead atoms. The Morgan fingerprint density at radius 1 is 1.08 bits per heavy atom. The van der Waals surface area contributed by atoms with Gasteiger partial charge in [0, 0.05) is 5.92 Å². The van der Waals surface area contributed by atoms with Crippen molar-refractivity contribution in [3.63, 3.8) is 0 Å². The molecule has 66 valence electrons. The summed E-state index contributed by atoms with van der Waals surface area (Å²) >= 11 is 0. The minimum absolute atomic E-state index is 0.248. The van der Waals surface area contributed by atoms with Crippen molar-refractivity contribution < 1.29 is 4.74 Å². The number of ether oxygens (including phenoxy) is 1. The van der Waals surface area contributed by atoms with Crippen molar-refractivity contribution >= 4 is 0 Å². The van der Waals surface area contributed by atoms with Gasteiger partial charge in [0.25, 0.3) is 0 Å². The monoisotopic (exact) mass is 164 g/mol. The zero-order valence-corrected chi connectivity index (χ0v) is 8.27. The molecule has 0 radical (unpaired) electrons. The van der Waals surface area contributed by atoms with Crippen LogP contribution < -0.4 is 0 Å². The molecular weight excluding hydrogens is 148 g/mol. The van der Waals surface area contributed by atoms with Gasteiger partial charge in [0.05, 0.1) is 6.10 Å². The molecule has 12 heavy (non-hydrogen) atoms. The Labute approximate surface area is 75.5 Å². The SMILES string of the molecule is CC(C)C#CC#CCOC(C)C. The van der Waals surface area contributed by atoms with E-state index in [0.29, 0.717) is 12.5 Å². The Morgan fingerprint density at radius 2 is 1.75 bits per heavy atom. The van der Waals surface area contributed by atoms with Crippen molar-refractivity contribution in [3.05, 3.63) is 0 Å². The largest absolute Gasteiger partial charge is 0.366 e. The molecule has 0 saturated carbocycles. The van der Waals surface area contributed by atoms with Crippen LogP contribution in [0.5, 0.6) is 0 Å². The summed E-state index contributed by atoms with van der Waals surface area (Å²) in [5.41, 5.74) is 0. The first-order valence-electron chi connectivity index (χ1n) is 4.23. The molecule has 0 aliphatic carbocycles. The van der Waals surface area contributed by atoms with Crippen molar-refractivity contribution in [3.8, 4) is 23.7 Å². The van der Waals surface area contributed by atoms with E-state index in [-0.39, 0.29) is 6.10 Å². The van der Waals surface area contributed by atoms with Crippen LogP contribution in [0.25, 0.3) is 0 Å². The van der Waals surface area contributed by atoms with Crippen molar-refractivity contribution in [1.82, 2.24) is 0 Å². The quantitative estimate of drug-likeness (QED) is 0.568. The van der Waals surface area contributed by atoms with E-state index in [1.807, 2.05) is 27.7 Å². The van der Waals surface area contributed by atoms with Crippen LogP contribution >= 0.6 is 0 Å². The molecule has 0 amide bonds. The number of hydrogen-bond acceptors (Lipinski definition) is 1. The van der Waals surface area contributed by atoms with Crippen LogP contribution in [0, 0.1) is 29.6 Å². The summed E-state index contributed by atoms with van der Waals surface area (Å²) in [4.78, 5) is 0. The molecule has 0 spiro atoms. The zero-order chi connectivity index (χ0) is 9.40. The fourth-order valence-electron chi connectivity index (χ4n) is 0.469. The van der Waals surface area contributed by atoms with Gasteiger partial charge in [-0.1, -0.05) is 25.7 Å². The molecule has 0 heterocycles. The van der Waals surface area contributed by atoms with Gasteiger partial charge >= 0.3 is 0 Å². The van der Waals surface area contributed by atoms with Gasteiger partial charge in [0.1, 0.15) is 6.61 Å². The van der Waals surface area contributed by atoms with Crippen LogP contribution in [-0.4, -0.2) is 12.7 Å². The van der Waals surface area contributed by atoms with E-state index in [9.17, 15) is 0 Å². The summed E-state index contributed by atoms with van der Waals surface area (Å²) in [7, 11) is 0. The molecule has 0 N–H and O–H groups in total. The minimum atomic E-state index is 0.248. The van der Waals surface area contributed by atoms with Crippen LogP contribution in [0.2, 0.25) is 0 Å². The maximum atomic E-state index is 5.21. The van der Waals surface area contributed by atoms with Gasteiger partial charge in [0.2, 0.25) is 0 Å². The number of hydrogen-bond donors (Lipinski definition) is 0. The number of rotatable bonds is 2. The summed E-state index contributed by atoms with van der Waals surface area (Å²) in [6, 6.07) is 0. The van der Waals surface area contributed by atoms with E-state index in [1.165, 1.54) is 0 Å². The molecule has 0 aliphatic heterocycles. The predicted molar refractivity (Wildman–Crippen MR) is 51.5 cm³/mol. The second-order valence-corrected chi connectivity index (χ2v) is 3.09. The van der Waals surface area contributed by atoms with Crippen molar-refractivity contribution in [2.24, 2.45) is 5.92 Å². The Kier molecular flexibility index (Phi) is 6.25.